The van der Waals surface area contributed by atoms with Crippen LogP contribution in [0.25, 0.3) is 0 Å². The number of aromatic nitrogens is 2. The summed E-state index contributed by atoms with van der Waals surface area (Å²) in [4.78, 5) is 46.1. The Labute approximate surface area is 185 Å². The molecule has 1 aliphatic heterocycles. The molecule has 0 aromatic carbocycles. The second kappa shape index (κ2) is 9.80. The topological polar surface area (TPSA) is 157 Å². The fourth-order valence-electron chi connectivity index (χ4n) is 2.11. The van der Waals surface area contributed by atoms with Crippen LogP contribution >= 0.6 is 19.2 Å². The number of halogens is 1. The molecular formula is C10H12ClN2Na2O8P. The first-order valence-corrected chi connectivity index (χ1v) is 8.18. The van der Waals surface area contributed by atoms with Gasteiger partial charge in [0.2, 0.25) is 0 Å². The Morgan fingerprint density at radius 3 is 2.58 bits per heavy atom. The van der Waals surface area contributed by atoms with Crippen molar-refractivity contribution in [3.05, 3.63) is 32.1 Å². The van der Waals surface area contributed by atoms with Crippen LogP contribution in [0.3, 0.4) is 0 Å². The van der Waals surface area contributed by atoms with Crippen molar-refractivity contribution in [1.29, 1.82) is 0 Å². The molecule has 0 aliphatic carbocycles. The molecule has 14 heteroatoms. The van der Waals surface area contributed by atoms with E-state index in [4.69, 9.17) is 21.1 Å². The molecule has 124 valence electrons. The van der Waals surface area contributed by atoms with E-state index in [0.717, 1.165) is 10.8 Å². The van der Waals surface area contributed by atoms with Crippen molar-refractivity contribution in [3.8, 4) is 0 Å². The van der Waals surface area contributed by atoms with Gasteiger partial charge < -0.3 is 28.9 Å². The van der Waals surface area contributed by atoms with E-state index < -0.39 is 49.7 Å². The number of aliphatic hydroxyl groups excluding tert-OH is 1. The van der Waals surface area contributed by atoms with Gasteiger partial charge in [0, 0.05) is 6.20 Å². The minimum Gasteiger partial charge on any atom is -0.809 e. The molecule has 1 aromatic heterocycles. The normalized spacial score (nSPS) is 26.5. The summed E-state index contributed by atoms with van der Waals surface area (Å²) in [5.74, 6) is 0. The summed E-state index contributed by atoms with van der Waals surface area (Å²) in [7, 11) is -4.91. The third-order valence-corrected chi connectivity index (χ3v) is 3.80. The molecular weight excluding hydrogens is 389 g/mol. The van der Waals surface area contributed by atoms with Gasteiger partial charge >= 0.3 is 64.8 Å². The summed E-state index contributed by atoms with van der Waals surface area (Å²) in [5.41, 5.74) is -1.67. The SMILES string of the molecule is C[C@H]1O[C@@H](n2cc(Cl)c(=O)[nH]c2=O)[C@H](O)[C@H]1OCP(=O)([O-])[O-].[Na+].[Na+]. The maximum atomic E-state index is 11.7. The van der Waals surface area contributed by atoms with E-state index in [1.165, 1.54) is 6.92 Å². The molecule has 0 spiro atoms. The predicted molar refractivity (Wildman–Crippen MR) is 69.3 cm³/mol. The number of aromatic amines is 1. The summed E-state index contributed by atoms with van der Waals surface area (Å²) < 4.78 is 21.6. The summed E-state index contributed by atoms with van der Waals surface area (Å²) >= 11 is 5.61. The third kappa shape index (κ3) is 6.02. The van der Waals surface area contributed by atoms with Crippen molar-refractivity contribution in [2.24, 2.45) is 0 Å². The van der Waals surface area contributed by atoms with Crippen LogP contribution in [0, 0.1) is 0 Å². The second-order valence-electron chi connectivity index (χ2n) is 4.74. The van der Waals surface area contributed by atoms with Gasteiger partial charge in [-0.1, -0.05) is 11.6 Å². The molecule has 1 fully saturated rings. The average Bonchev–Trinajstić information content (AvgIpc) is 2.66. The molecule has 2 rings (SSSR count). The number of ether oxygens (including phenoxy) is 2. The number of hydrogen-bond acceptors (Lipinski definition) is 8. The molecule has 2 heterocycles. The maximum Gasteiger partial charge on any atom is 1.00 e. The van der Waals surface area contributed by atoms with Gasteiger partial charge in [-0.2, -0.15) is 0 Å². The van der Waals surface area contributed by atoms with Crippen LogP contribution in [0.15, 0.2) is 15.8 Å². The zero-order valence-electron chi connectivity index (χ0n) is 13.2. The molecule has 24 heavy (non-hydrogen) atoms. The van der Waals surface area contributed by atoms with E-state index in [2.05, 4.69) is 0 Å². The molecule has 1 aliphatic rings. The molecule has 0 radical (unpaired) electrons. The molecule has 1 aromatic rings. The molecule has 4 atom stereocenters. The first kappa shape index (κ1) is 25.0. The Balaban J connectivity index is 0.00000264. The number of aliphatic hydroxyl groups is 1. The molecule has 1 saturated heterocycles. The van der Waals surface area contributed by atoms with Crippen LogP contribution in [0.4, 0.5) is 0 Å². The summed E-state index contributed by atoms with van der Waals surface area (Å²) in [5, 5.41) is 9.82. The number of nitrogens with zero attached hydrogens (tertiary/aromatic N) is 1. The minimum atomic E-state index is -4.91. The second-order valence-corrected chi connectivity index (χ2v) is 6.62. The van der Waals surface area contributed by atoms with Gasteiger partial charge in [0.1, 0.15) is 17.2 Å². The number of hydrogen-bond donors (Lipinski definition) is 2. The van der Waals surface area contributed by atoms with Gasteiger partial charge in [0.05, 0.1) is 12.5 Å². The smallest absolute Gasteiger partial charge is 0.809 e. The van der Waals surface area contributed by atoms with Gasteiger partial charge in [0.15, 0.2) is 6.23 Å². The Bertz CT molecular complexity index is 722. The summed E-state index contributed by atoms with van der Waals surface area (Å²) in [6.07, 6.45) is -4.77. The van der Waals surface area contributed by atoms with Crippen molar-refractivity contribution in [2.45, 2.75) is 31.5 Å². The van der Waals surface area contributed by atoms with Crippen LogP contribution in [0.1, 0.15) is 13.2 Å². The van der Waals surface area contributed by atoms with E-state index in [0.29, 0.717) is 0 Å². The van der Waals surface area contributed by atoms with E-state index in [1.54, 1.807) is 0 Å². The maximum absolute atomic E-state index is 11.7. The monoisotopic (exact) mass is 400 g/mol. The van der Waals surface area contributed by atoms with E-state index in [9.17, 15) is 29.0 Å². The Hall–Kier alpha value is 1.000. The Kier molecular flexibility index (Phi) is 10.2. The summed E-state index contributed by atoms with van der Waals surface area (Å²) in [6.45, 7) is 1.47. The van der Waals surface area contributed by atoms with Crippen LogP contribution in [0.2, 0.25) is 5.02 Å². The van der Waals surface area contributed by atoms with Gasteiger partial charge in [-0.3, -0.25) is 14.3 Å². The molecule has 2 N–H and O–H groups in total. The van der Waals surface area contributed by atoms with Gasteiger partial charge in [-0.15, -0.1) is 0 Å². The standard InChI is InChI=1S/C10H14ClN2O8P.2Na/c1-4-7(20-3-22(17,18)19)6(14)9(21-4)13-2-5(11)8(15)12-10(13)16;;/h2,4,6-7,9,14H,3H2,1H3,(H,12,15,16)(H2,17,18,19);;/q;2*+1/p-2/t4-,6-,7+,9-;;/m1../s1. The molecule has 0 saturated carbocycles. The Morgan fingerprint density at radius 2 is 2.04 bits per heavy atom. The number of rotatable bonds is 4. The predicted octanol–water partition coefficient (Wildman–Crippen LogP) is -8.27. The van der Waals surface area contributed by atoms with E-state index >= 15 is 0 Å². The van der Waals surface area contributed by atoms with Gasteiger partial charge in [-0.05, 0) is 14.5 Å². The summed E-state index contributed by atoms with van der Waals surface area (Å²) in [6, 6.07) is 0. The zero-order valence-corrected chi connectivity index (χ0v) is 18.8. The van der Waals surface area contributed by atoms with E-state index in [-0.39, 0.29) is 64.1 Å². The first-order chi connectivity index (χ1) is 10.1. The fraction of sp³-hybridized carbons (Fsp3) is 0.600. The zero-order chi connectivity index (χ0) is 16.7. The molecule has 0 unspecified atom stereocenters. The molecule has 0 bridgehead atoms. The molecule has 0 amide bonds. The Morgan fingerprint density at radius 1 is 1.46 bits per heavy atom. The first-order valence-electron chi connectivity index (χ1n) is 6.07. The third-order valence-electron chi connectivity index (χ3n) is 3.07. The van der Waals surface area contributed by atoms with Crippen molar-refractivity contribution < 1.29 is 88.0 Å². The van der Waals surface area contributed by atoms with Crippen LogP contribution in [-0.4, -0.2) is 39.3 Å². The average molecular weight is 401 g/mol. The fourth-order valence-corrected chi connectivity index (χ4v) is 2.62. The van der Waals surface area contributed by atoms with E-state index in [1.807, 2.05) is 4.98 Å². The van der Waals surface area contributed by atoms with Crippen LogP contribution in [-0.2, 0) is 14.0 Å². The largest absolute Gasteiger partial charge is 1.00 e. The minimum absolute atomic E-state index is 0. The van der Waals surface area contributed by atoms with Crippen LogP contribution < -0.4 is 80.2 Å². The van der Waals surface area contributed by atoms with Gasteiger partial charge in [-0.25, -0.2) is 4.79 Å². The van der Waals surface area contributed by atoms with Crippen molar-refractivity contribution in [2.75, 3.05) is 6.35 Å². The van der Waals surface area contributed by atoms with Crippen molar-refractivity contribution >= 4 is 19.2 Å². The van der Waals surface area contributed by atoms with Crippen molar-refractivity contribution in [1.82, 2.24) is 9.55 Å². The number of nitrogens with one attached hydrogen (secondary N) is 1. The van der Waals surface area contributed by atoms with Crippen LogP contribution in [0.5, 0.6) is 0 Å². The van der Waals surface area contributed by atoms with Gasteiger partial charge in [0.25, 0.3) is 5.56 Å². The number of H-pyrrole nitrogens is 1. The molecule has 10 nitrogen and oxygen atoms in total. The van der Waals surface area contributed by atoms with Crippen molar-refractivity contribution in [3.63, 3.8) is 0 Å². The quantitative estimate of drug-likeness (QED) is 0.373.